The van der Waals surface area contributed by atoms with Crippen molar-refractivity contribution in [3.05, 3.63) is 11.8 Å². The fourth-order valence-electron chi connectivity index (χ4n) is 1.64. The Hall–Kier alpha value is -1.41. The molecule has 0 aliphatic carbocycles. The lowest BCUT2D eigenvalue weighted by Crippen LogP contribution is -2.26. The van der Waals surface area contributed by atoms with Gasteiger partial charge in [-0.25, -0.2) is 0 Å². The zero-order chi connectivity index (χ0) is 9.80. The standard InChI is InChI=1S/C9H12N4O/c10-4-1-8-12-13-9(14-8)7-2-5-11-6-3-7/h7,11H,1-3,5-6H2. The first-order chi connectivity index (χ1) is 6.90. The molecule has 0 amide bonds. The van der Waals surface area contributed by atoms with Gasteiger partial charge in [-0.05, 0) is 25.9 Å². The molecule has 1 fully saturated rings. The van der Waals surface area contributed by atoms with Gasteiger partial charge >= 0.3 is 0 Å². The summed E-state index contributed by atoms with van der Waals surface area (Å²) in [5.41, 5.74) is 0. The Bertz CT molecular complexity index is 335. The van der Waals surface area contributed by atoms with Crippen molar-refractivity contribution in [1.29, 1.82) is 5.26 Å². The van der Waals surface area contributed by atoms with Gasteiger partial charge in [-0.1, -0.05) is 0 Å². The third kappa shape index (κ3) is 1.91. The molecule has 1 saturated heterocycles. The van der Waals surface area contributed by atoms with Crippen molar-refractivity contribution in [3.63, 3.8) is 0 Å². The van der Waals surface area contributed by atoms with Crippen molar-refractivity contribution in [2.75, 3.05) is 13.1 Å². The molecule has 1 aliphatic rings. The van der Waals surface area contributed by atoms with Crippen LogP contribution in [0.2, 0.25) is 0 Å². The number of hydrogen-bond donors (Lipinski definition) is 1. The van der Waals surface area contributed by atoms with E-state index in [1.165, 1.54) is 0 Å². The van der Waals surface area contributed by atoms with Crippen LogP contribution in [-0.2, 0) is 6.42 Å². The minimum Gasteiger partial charge on any atom is -0.424 e. The van der Waals surface area contributed by atoms with Gasteiger partial charge in [0, 0.05) is 5.92 Å². The van der Waals surface area contributed by atoms with Crippen LogP contribution in [0, 0.1) is 11.3 Å². The molecule has 0 unspecified atom stereocenters. The highest BCUT2D eigenvalue weighted by Gasteiger charge is 2.20. The van der Waals surface area contributed by atoms with Crippen LogP contribution in [0.4, 0.5) is 0 Å². The first kappa shape index (κ1) is 9.16. The number of piperidine rings is 1. The zero-order valence-electron chi connectivity index (χ0n) is 7.86. The van der Waals surface area contributed by atoms with Gasteiger partial charge in [0.25, 0.3) is 0 Å². The SMILES string of the molecule is N#CCc1nnc(C2CCNCC2)o1. The third-order valence-corrected chi connectivity index (χ3v) is 2.40. The molecule has 74 valence electrons. The van der Waals surface area contributed by atoms with E-state index in [1.807, 2.05) is 6.07 Å². The Morgan fingerprint density at radius 1 is 1.43 bits per heavy atom. The number of rotatable bonds is 2. The smallest absolute Gasteiger partial charge is 0.230 e. The lowest BCUT2D eigenvalue weighted by molar-refractivity contribution is 0.364. The van der Waals surface area contributed by atoms with E-state index in [1.54, 1.807) is 0 Å². The third-order valence-electron chi connectivity index (χ3n) is 2.40. The van der Waals surface area contributed by atoms with Gasteiger partial charge in [-0.2, -0.15) is 5.26 Å². The molecule has 1 aliphatic heterocycles. The van der Waals surface area contributed by atoms with Crippen molar-refractivity contribution in [2.45, 2.75) is 25.2 Å². The molecule has 5 nitrogen and oxygen atoms in total. The quantitative estimate of drug-likeness (QED) is 0.742. The molecule has 1 N–H and O–H groups in total. The molecule has 14 heavy (non-hydrogen) atoms. The summed E-state index contributed by atoms with van der Waals surface area (Å²) in [5, 5.41) is 19.5. The number of nitriles is 1. The summed E-state index contributed by atoms with van der Waals surface area (Å²) in [7, 11) is 0. The molecule has 0 radical (unpaired) electrons. The minimum absolute atomic E-state index is 0.206. The molecule has 0 bridgehead atoms. The van der Waals surface area contributed by atoms with Gasteiger partial charge in [-0.15, -0.1) is 10.2 Å². The van der Waals surface area contributed by atoms with Crippen LogP contribution in [0.1, 0.15) is 30.5 Å². The monoisotopic (exact) mass is 192 g/mol. The number of nitrogens with zero attached hydrogens (tertiary/aromatic N) is 3. The molecule has 0 spiro atoms. The van der Waals surface area contributed by atoms with E-state index in [0.29, 0.717) is 17.7 Å². The summed E-state index contributed by atoms with van der Waals surface area (Å²) < 4.78 is 5.39. The van der Waals surface area contributed by atoms with Gasteiger partial charge in [0.2, 0.25) is 11.8 Å². The molecular formula is C9H12N4O. The van der Waals surface area contributed by atoms with Gasteiger partial charge < -0.3 is 9.73 Å². The highest BCUT2D eigenvalue weighted by molar-refractivity contribution is 4.96. The van der Waals surface area contributed by atoms with Crippen LogP contribution in [0.25, 0.3) is 0 Å². The summed E-state index contributed by atoms with van der Waals surface area (Å²) in [6.07, 6.45) is 2.28. The minimum atomic E-state index is 0.206. The molecule has 0 atom stereocenters. The Morgan fingerprint density at radius 3 is 2.93 bits per heavy atom. The van der Waals surface area contributed by atoms with E-state index in [0.717, 1.165) is 25.9 Å². The molecular weight excluding hydrogens is 180 g/mol. The van der Waals surface area contributed by atoms with E-state index in [4.69, 9.17) is 9.68 Å². The second kappa shape index (κ2) is 4.20. The van der Waals surface area contributed by atoms with Crippen LogP contribution in [0.3, 0.4) is 0 Å². The van der Waals surface area contributed by atoms with Crippen molar-refractivity contribution >= 4 is 0 Å². The van der Waals surface area contributed by atoms with Crippen LogP contribution < -0.4 is 5.32 Å². The molecule has 5 heteroatoms. The van der Waals surface area contributed by atoms with Crippen molar-refractivity contribution < 1.29 is 4.42 Å². The highest BCUT2D eigenvalue weighted by atomic mass is 16.4. The summed E-state index contributed by atoms with van der Waals surface area (Å²) in [5.74, 6) is 1.49. The number of nitrogens with one attached hydrogen (secondary N) is 1. The van der Waals surface area contributed by atoms with Gasteiger partial charge in [0.15, 0.2) is 0 Å². The molecule has 2 rings (SSSR count). The number of aromatic nitrogens is 2. The second-order valence-electron chi connectivity index (χ2n) is 3.39. The Balaban J connectivity index is 2.04. The summed E-state index contributed by atoms with van der Waals surface area (Å²) in [6, 6.07) is 1.99. The van der Waals surface area contributed by atoms with Crippen LogP contribution >= 0.6 is 0 Å². The largest absolute Gasteiger partial charge is 0.424 e. The molecule has 1 aromatic rings. The van der Waals surface area contributed by atoms with E-state index in [-0.39, 0.29) is 6.42 Å². The highest BCUT2D eigenvalue weighted by Crippen LogP contribution is 2.23. The van der Waals surface area contributed by atoms with Crippen molar-refractivity contribution in [3.8, 4) is 6.07 Å². The Kier molecular flexibility index (Phi) is 2.75. The van der Waals surface area contributed by atoms with E-state index < -0.39 is 0 Å². The van der Waals surface area contributed by atoms with E-state index in [9.17, 15) is 0 Å². The maximum atomic E-state index is 8.45. The fraction of sp³-hybridized carbons (Fsp3) is 0.667. The average Bonchev–Trinajstić information content (AvgIpc) is 2.68. The molecule has 1 aromatic heterocycles. The molecule has 2 heterocycles. The van der Waals surface area contributed by atoms with E-state index >= 15 is 0 Å². The number of hydrogen-bond acceptors (Lipinski definition) is 5. The predicted molar refractivity (Wildman–Crippen MR) is 48.5 cm³/mol. The van der Waals surface area contributed by atoms with Crippen LogP contribution in [0.5, 0.6) is 0 Å². The Morgan fingerprint density at radius 2 is 2.21 bits per heavy atom. The van der Waals surface area contributed by atoms with E-state index in [2.05, 4.69) is 15.5 Å². The van der Waals surface area contributed by atoms with Gasteiger partial charge in [-0.3, -0.25) is 0 Å². The summed E-state index contributed by atoms with van der Waals surface area (Å²) >= 11 is 0. The van der Waals surface area contributed by atoms with Gasteiger partial charge in [0.1, 0.15) is 6.42 Å². The lowest BCUT2D eigenvalue weighted by Gasteiger charge is -2.18. The van der Waals surface area contributed by atoms with Crippen molar-refractivity contribution in [1.82, 2.24) is 15.5 Å². The average molecular weight is 192 g/mol. The summed E-state index contributed by atoms with van der Waals surface area (Å²) in [6.45, 7) is 2.00. The Labute approximate surface area is 82.1 Å². The first-order valence-corrected chi connectivity index (χ1v) is 4.80. The zero-order valence-corrected chi connectivity index (χ0v) is 7.86. The topological polar surface area (TPSA) is 74.7 Å². The molecule has 0 saturated carbocycles. The lowest BCUT2D eigenvalue weighted by atomic mass is 9.98. The second-order valence-corrected chi connectivity index (χ2v) is 3.39. The fourth-order valence-corrected chi connectivity index (χ4v) is 1.64. The normalized spacial score (nSPS) is 17.9. The molecule has 0 aromatic carbocycles. The maximum Gasteiger partial charge on any atom is 0.230 e. The van der Waals surface area contributed by atoms with Crippen LogP contribution in [-0.4, -0.2) is 23.3 Å². The summed E-state index contributed by atoms with van der Waals surface area (Å²) in [4.78, 5) is 0. The maximum absolute atomic E-state index is 8.45. The van der Waals surface area contributed by atoms with Crippen molar-refractivity contribution in [2.24, 2.45) is 0 Å². The first-order valence-electron chi connectivity index (χ1n) is 4.80. The van der Waals surface area contributed by atoms with Crippen LogP contribution in [0.15, 0.2) is 4.42 Å². The predicted octanol–water partition coefficient (Wildman–Crippen LogP) is 0.603. The van der Waals surface area contributed by atoms with Gasteiger partial charge in [0.05, 0.1) is 6.07 Å².